The van der Waals surface area contributed by atoms with Crippen LogP contribution in [0.2, 0.25) is 0 Å². The molecule has 0 radical (unpaired) electrons. The molecular weight excluding hydrogens is 265 g/mol. The third-order valence-electron chi connectivity index (χ3n) is 2.59. The van der Waals surface area contributed by atoms with Crippen LogP contribution < -0.4 is 0 Å². The summed E-state index contributed by atoms with van der Waals surface area (Å²) in [6.07, 6.45) is 0. The third kappa shape index (κ3) is 3.12. The Labute approximate surface area is 117 Å². The SMILES string of the molecule is CCOC(=O)C(F)(C(=O)OCC)c1cc(C)nc(C)c1. The number of hydrogen-bond acceptors (Lipinski definition) is 5. The predicted octanol–water partition coefficient (Wildman–Crippen LogP) is 1.99. The third-order valence-corrected chi connectivity index (χ3v) is 2.59. The van der Waals surface area contributed by atoms with E-state index in [4.69, 9.17) is 0 Å². The summed E-state index contributed by atoms with van der Waals surface area (Å²) in [5, 5.41) is 0. The fourth-order valence-corrected chi connectivity index (χ4v) is 1.81. The van der Waals surface area contributed by atoms with Crippen LogP contribution >= 0.6 is 0 Å². The molecule has 110 valence electrons. The highest BCUT2D eigenvalue weighted by Gasteiger charge is 2.52. The lowest BCUT2D eigenvalue weighted by Gasteiger charge is -2.22. The van der Waals surface area contributed by atoms with E-state index < -0.39 is 17.6 Å². The van der Waals surface area contributed by atoms with Crippen LogP contribution in [0.4, 0.5) is 4.39 Å². The minimum Gasteiger partial charge on any atom is -0.463 e. The van der Waals surface area contributed by atoms with Gasteiger partial charge < -0.3 is 9.47 Å². The van der Waals surface area contributed by atoms with Crippen molar-refractivity contribution in [2.24, 2.45) is 0 Å². The van der Waals surface area contributed by atoms with E-state index >= 15 is 4.39 Å². The van der Waals surface area contributed by atoms with E-state index in [0.717, 1.165) is 0 Å². The van der Waals surface area contributed by atoms with Gasteiger partial charge in [0.05, 0.1) is 13.2 Å². The Morgan fingerprint density at radius 1 is 1.10 bits per heavy atom. The summed E-state index contributed by atoms with van der Waals surface area (Å²) in [6, 6.07) is 2.67. The fourth-order valence-electron chi connectivity index (χ4n) is 1.81. The van der Waals surface area contributed by atoms with Crippen molar-refractivity contribution >= 4 is 11.9 Å². The molecule has 1 aromatic heterocycles. The molecule has 0 amide bonds. The molecule has 0 fully saturated rings. The minimum absolute atomic E-state index is 0.0348. The second-order valence-electron chi connectivity index (χ2n) is 4.24. The van der Waals surface area contributed by atoms with E-state index in [9.17, 15) is 9.59 Å². The topological polar surface area (TPSA) is 65.5 Å². The molecule has 0 saturated carbocycles. The van der Waals surface area contributed by atoms with Gasteiger partial charge in [-0.2, -0.15) is 0 Å². The molecule has 0 aliphatic heterocycles. The van der Waals surface area contributed by atoms with Gasteiger partial charge in [0.1, 0.15) is 0 Å². The molecule has 20 heavy (non-hydrogen) atoms. The van der Waals surface area contributed by atoms with Crippen molar-refractivity contribution in [2.45, 2.75) is 33.4 Å². The lowest BCUT2D eigenvalue weighted by atomic mass is 9.95. The fraction of sp³-hybridized carbons (Fsp3) is 0.500. The Kier molecular flexibility index (Phi) is 5.19. The van der Waals surface area contributed by atoms with Crippen LogP contribution in [0, 0.1) is 13.8 Å². The second kappa shape index (κ2) is 6.45. The normalized spacial score (nSPS) is 11.1. The average molecular weight is 283 g/mol. The molecule has 0 bridgehead atoms. The van der Waals surface area contributed by atoms with Gasteiger partial charge in [-0.15, -0.1) is 0 Å². The maximum atomic E-state index is 15.1. The number of alkyl halides is 1. The molecule has 6 heteroatoms. The number of aromatic nitrogens is 1. The first-order valence-electron chi connectivity index (χ1n) is 6.35. The van der Waals surface area contributed by atoms with E-state index in [2.05, 4.69) is 14.5 Å². The van der Waals surface area contributed by atoms with Crippen LogP contribution in [0.3, 0.4) is 0 Å². The first-order chi connectivity index (χ1) is 9.36. The zero-order chi connectivity index (χ0) is 15.3. The van der Waals surface area contributed by atoms with E-state index in [1.165, 1.54) is 26.0 Å². The molecule has 0 atom stereocenters. The van der Waals surface area contributed by atoms with E-state index in [1.54, 1.807) is 13.8 Å². The van der Waals surface area contributed by atoms with Gasteiger partial charge in [0, 0.05) is 17.0 Å². The number of halogens is 1. The molecule has 1 rings (SSSR count). The van der Waals surface area contributed by atoms with Gasteiger partial charge in [-0.25, -0.2) is 14.0 Å². The molecule has 0 aliphatic rings. The van der Waals surface area contributed by atoms with Crippen molar-refractivity contribution in [3.05, 3.63) is 29.1 Å². The quantitative estimate of drug-likeness (QED) is 0.610. The smallest absolute Gasteiger partial charge is 0.360 e. The molecule has 0 aromatic carbocycles. The summed E-state index contributed by atoms with van der Waals surface area (Å²) >= 11 is 0. The minimum atomic E-state index is -2.97. The van der Waals surface area contributed by atoms with Gasteiger partial charge >= 0.3 is 17.6 Å². The van der Waals surface area contributed by atoms with Crippen molar-refractivity contribution in [1.29, 1.82) is 0 Å². The van der Waals surface area contributed by atoms with Gasteiger partial charge in [0.25, 0.3) is 0 Å². The van der Waals surface area contributed by atoms with Crippen LogP contribution in [0.1, 0.15) is 30.8 Å². The lowest BCUT2D eigenvalue weighted by Crippen LogP contribution is -2.42. The predicted molar refractivity (Wildman–Crippen MR) is 69.8 cm³/mol. The highest BCUT2D eigenvalue weighted by atomic mass is 19.1. The number of carbonyl (C=O) groups is 2. The largest absolute Gasteiger partial charge is 0.463 e. The standard InChI is InChI=1S/C14H18FNO4/c1-5-19-12(17)14(15,13(18)20-6-2)11-7-9(3)16-10(4)8-11/h7-8H,5-6H2,1-4H3. The number of pyridine rings is 1. The van der Waals surface area contributed by atoms with Crippen molar-refractivity contribution in [3.8, 4) is 0 Å². The Balaban J connectivity index is 3.35. The first kappa shape index (κ1) is 16.1. The lowest BCUT2D eigenvalue weighted by molar-refractivity contribution is -0.175. The highest BCUT2D eigenvalue weighted by molar-refractivity contribution is 6.04. The maximum Gasteiger partial charge on any atom is 0.360 e. The molecule has 0 aliphatic carbocycles. The van der Waals surface area contributed by atoms with Crippen LogP contribution in [0.5, 0.6) is 0 Å². The molecule has 1 aromatic rings. The van der Waals surface area contributed by atoms with Crippen molar-refractivity contribution in [2.75, 3.05) is 13.2 Å². The summed E-state index contributed by atoms with van der Waals surface area (Å²) in [5.74, 6) is -2.55. The molecule has 1 heterocycles. The Hall–Kier alpha value is -1.98. The van der Waals surface area contributed by atoms with Crippen LogP contribution in [-0.2, 0) is 24.7 Å². The summed E-state index contributed by atoms with van der Waals surface area (Å²) in [4.78, 5) is 27.9. The second-order valence-corrected chi connectivity index (χ2v) is 4.24. The van der Waals surface area contributed by atoms with E-state index in [0.29, 0.717) is 11.4 Å². The van der Waals surface area contributed by atoms with Crippen LogP contribution in [0.15, 0.2) is 12.1 Å². The number of hydrogen-bond donors (Lipinski definition) is 0. The van der Waals surface area contributed by atoms with Gasteiger partial charge in [-0.3, -0.25) is 4.98 Å². The number of rotatable bonds is 5. The van der Waals surface area contributed by atoms with Gasteiger partial charge in [-0.1, -0.05) is 0 Å². The monoisotopic (exact) mass is 283 g/mol. The van der Waals surface area contributed by atoms with E-state index in [-0.39, 0.29) is 18.8 Å². The number of aryl methyl sites for hydroxylation is 2. The highest BCUT2D eigenvalue weighted by Crippen LogP contribution is 2.30. The van der Waals surface area contributed by atoms with Gasteiger partial charge in [-0.05, 0) is 39.8 Å². The summed E-state index contributed by atoms with van der Waals surface area (Å²) in [5.41, 5.74) is -2.10. The Morgan fingerprint density at radius 3 is 1.85 bits per heavy atom. The number of ether oxygens (including phenoxy) is 2. The summed E-state index contributed by atoms with van der Waals surface area (Å²) < 4.78 is 24.4. The van der Waals surface area contributed by atoms with Crippen molar-refractivity contribution in [1.82, 2.24) is 4.98 Å². The van der Waals surface area contributed by atoms with Crippen molar-refractivity contribution in [3.63, 3.8) is 0 Å². The molecule has 0 saturated heterocycles. The Bertz CT molecular complexity index is 478. The number of carbonyl (C=O) groups excluding carboxylic acids is 2. The maximum absolute atomic E-state index is 15.1. The van der Waals surface area contributed by atoms with Crippen LogP contribution in [0.25, 0.3) is 0 Å². The summed E-state index contributed by atoms with van der Waals surface area (Å²) in [7, 11) is 0. The van der Waals surface area contributed by atoms with Gasteiger partial charge in [0.2, 0.25) is 0 Å². The van der Waals surface area contributed by atoms with Gasteiger partial charge in [0.15, 0.2) is 0 Å². The Morgan fingerprint density at radius 2 is 1.50 bits per heavy atom. The molecular formula is C14H18FNO4. The zero-order valence-electron chi connectivity index (χ0n) is 12.0. The molecule has 0 spiro atoms. The van der Waals surface area contributed by atoms with Crippen LogP contribution in [-0.4, -0.2) is 30.1 Å². The average Bonchev–Trinajstić information content (AvgIpc) is 2.37. The molecule has 0 N–H and O–H groups in total. The number of nitrogens with zero attached hydrogens (tertiary/aromatic N) is 1. The number of esters is 2. The molecule has 0 unspecified atom stereocenters. The zero-order valence-corrected chi connectivity index (χ0v) is 12.0. The molecule has 5 nitrogen and oxygen atoms in total. The van der Waals surface area contributed by atoms with Crippen molar-refractivity contribution < 1.29 is 23.5 Å². The first-order valence-corrected chi connectivity index (χ1v) is 6.35. The summed E-state index contributed by atoms with van der Waals surface area (Å²) in [6.45, 7) is 6.29. The van der Waals surface area contributed by atoms with E-state index in [1.807, 2.05) is 0 Å².